The SMILES string of the molecule is COc1ccc(N2CCN(C(=O)COc3cc(C(F)(F)F)nn3-c3ccccc3Cl)CC2)cc1. The number of ether oxygens (including phenoxy) is 2. The van der Waals surface area contributed by atoms with Gasteiger partial charge in [-0.1, -0.05) is 23.7 Å². The first-order chi connectivity index (χ1) is 16.3. The molecule has 1 aliphatic heterocycles. The van der Waals surface area contributed by atoms with Crippen LogP contribution in [0.5, 0.6) is 11.6 Å². The van der Waals surface area contributed by atoms with Gasteiger partial charge in [0.25, 0.3) is 5.91 Å². The minimum Gasteiger partial charge on any atom is -0.497 e. The van der Waals surface area contributed by atoms with E-state index in [9.17, 15) is 18.0 Å². The molecule has 3 aromatic rings. The van der Waals surface area contributed by atoms with Crippen molar-refractivity contribution in [2.75, 3.05) is 44.8 Å². The minimum absolute atomic E-state index is 0.199. The zero-order chi connectivity index (χ0) is 24.3. The number of anilines is 1. The lowest BCUT2D eigenvalue weighted by Gasteiger charge is -2.36. The van der Waals surface area contributed by atoms with Crippen molar-refractivity contribution in [2.24, 2.45) is 0 Å². The Balaban J connectivity index is 1.41. The highest BCUT2D eigenvalue weighted by atomic mass is 35.5. The van der Waals surface area contributed by atoms with E-state index in [2.05, 4.69) is 10.00 Å². The Hall–Kier alpha value is -3.40. The van der Waals surface area contributed by atoms with Gasteiger partial charge in [0.2, 0.25) is 5.88 Å². The molecule has 0 spiro atoms. The Kier molecular flexibility index (Phi) is 6.87. The van der Waals surface area contributed by atoms with Crippen LogP contribution in [0.2, 0.25) is 5.02 Å². The molecular formula is C23H22ClF3N4O3. The zero-order valence-corrected chi connectivity index (χ0v) is 19.0. The fourth-order valence-electron chi connectivity index (χ4n) is 3.64. The Labute approximate surface area is 199 Å². The van der Waals surface area contributed by atoms with Gasteiger partial charge in [0, 0.05) is 37.9 Å². The maximum absolute atomic E-state index is 13.3. The van der Waals surface area contributed by atoms with E-state index in [1.54, 1.807) is 24.1 Å². The van der Waals surface area contributed by atoms with Crippen molar-refractivity contribution in [3.63, 3.8) is 0 Å². The van der Waals surface area contributed by atoms with Crippen LogP contribution in [0.1, 0.15) is 5.69 Å². The zero-order valence-electron chi connectivity index (χ0n) is 18.3. The van der Waals surface area contributed by atoms with Crippen LogP contribution in [0.3, 0.4) is 0 Å². The second-order valence-corrected chi connectivity index (χ2v) is 7.99. The summed E-state index contributed by atoms with van der Waals surface area (Å²) in [5, 5.41) is 3.80. The standard InChI is InChI=1S/C23H22ClF3N4O3/c1-33-17-8-6-16(7-9-17)29-10-12-30(13-11-29)21(32)15-34-22-14-20(23(25,26)27)28-31(22)19-5-3-2-4-18(19)24/h2-9,14H,10-13,15H2,1H3. The number of para-hydroxylation sites is 1. The smallest absolute Gasteiger partial charge is 0.435 e. The van der Waals surface area contributed by atoms with Crippen molar-refractivity contribution in [2.45, 2.75) is 6.18 Å². The predicted molar refractivity (Wildman–Crippen MR) is 121 cm³/mol. The van der Waals surface area contributed by atoms with Gasteiger partial charge >= 0.3 is 6.18 Å². The molecule has 1 saturated heterocycles. The third kappa shape index (κ3) is 5.22. The number of aromatic nitrogens is 2. The molecule has 0 bridgehead atoms. The molecular weight excluding hydrogens is 473 g/mol. The number of alkyl halides is 3. The van der Waals surface area contributed by atoms with Crippen LogP contribution < -0.4 is 14.4 Å². The summed E-state index contributed by atoms with van der Waals surface area (Å²) in [4.78, 5) is 16.5. The van der Waals surface area contributed by atoms with Gasteiger partial charge in [-0.25, -0.2) is 0 Å². The summed E-state index contributed by atoms with van der Waals surface area (Å²) >= 11 is 6.14. The maximum atomic E-state index is 13.3. The molecule has 7 nitrogen and oxygen atoms in total. The predicted octanol–water partition coefficient (Wildman–Crippen LogP) is 4.28. The molecule has 0 atom stereocenters. The van der Waals surface area contributed by atoms with Crippen molar-refractivity contribution in [3.05, 3.63) is 65.3 Å². The van der Waals surface area contributed by atoms with E-state index in [-0.39, 0.29) is 22.5 Å². The summed E-state index contributed by atoms with van der Waals surface area (Å²) in [5.74, 6) is 0.222. The molecule has 180 valence electrons. The lowest BCUT2D eigenvalue weighted by molar-refractivity contribution is -0.141. The highest BCUT2D eigenvalue weighted by Gasteiger charge is 2.36. The number of methoxy groups -OCH3 is 1. The highest BCUT2D eigenvalue weighted by Crippen LogP contribution is 2.33. The lowest BCUT2D eigenvalue weighted by Crippen LogP contribution is -2.50. The van der Waals surface area contributed by atoms with Crippen LogP contribution in [-0.4, -0.2) is 60.5 Å². The van der Waals surface area contributed by atoms with Crippen molar-refractivity contribution < 1.29 is 27.4 Å². The molecule has 1 amide bonds. The van der Waals surface area contributed by atoms with Crippen LogP contribution in [-0.2, 0) is 11.0 Å². The molecule has 34 heavy (non-hydrogen) atoms. The van der Waals surface area contributed by atoms with E-state index >= 15 is 0 Å². The van der Waals surface area contributed by atoms with E-state index in [1.807, 2.05) is 24.3 Å². The molecule has 0 unspecified atom stereocenters. The van der Waals surface area contributed by atoms with Crippen LogP contribution in [0.25, 0.3) is 5.69 Å². The fraction of sp³-hybridized carbons (Fsp3) is 0.304. The number of amides is 1. The lowest BCUT2D eigenvalue weighted by atomic mass is 10.2. The summed E-state index contributed by atoms with van der Waals surface area (Å²) in [6, 6.07) is 14.7. The molecule has 0 aliphatic carbocycles. The van der Waals surface area contributed by atoms with E-state index < -0.39 is 18.5 Å². The van der Waals surface area contributed by atoms with Gasteiger partial charge in [-0.05, 0) is 36.4 Å². The molecule has 1 aliphatic rings. The van der Waals surface area contributed by atoms with E-state index in [1.165, 1.54) is 12.1 Å². The van der Waals surface area contributed by atoms with Crippen LogP contribution in [0.15, 0.2) is 54.6 Å². The third-order valence-electron chi connectivity index (χ3n) is 5.46. The molecule has 11 heteroatoms. The average molecular weight is 495 g/mol. The first-order valence-corrected chi connectivity index (χ1v) is 10.9. The number of hydrogen-bond donors (Lipinski definition) is 0. The number of hydrogen-bond acceptors (Lipinski definition) is 5. The number of piperazine rings is 1. The molecule has 2 aromatic carbocycles. The Morgan fingerprint density at radius 1 is 1.06 bits per heavy atom. The first kappa shape index (κ1) is 23.7. The molecule has 0 saturated carbocycles. The fourth-order valence-corrected chi connectivity index (χ4v) is 3.85. The number of halogens is 4. The van der Waals surface area contributed by atoms with E-state index in [4.69, 9.17) is 21.1 Å². The van der Waals surface area contributed by atoms with Gasteiger partial charge in [0.05, 0.1) is 17.8 Å². The quantitative estimate of drug-likeness (QED) is 0.512. The first-order valence-electron chi connectivity index (χ1n) is 10.5. The van der Waals surface area contributed by atoms with Crippen molar-refractivity contribution >= 4 is 23.2 Å². The maximum Gasteiger partial charge on any atom is 0.435 e. The van der Waals surface area contributed by atoms with Crippen LogP contribution in [0, 0.1) is 0 Å². The van der Waals surface area contributed by atoms with E-state index in [0.717, 1.165) is 22.2 Å². The van der Waals surface area contributed by atoms with Gasteiger partial charge in [0.15, 0.2) is 12.3 Å². The number of carbonyl (C=O) groups excluding carboxylic acids is 1. The molecule has 1 fully saturated rings. The largest absolute Gasteiger partial charge is 0.497 e. The Morgan fingerprint density at radius 3 is 2.35 bits per heavy atom. The van der Waals surface area contributed by atoms with Gasteiger partial charge in [-0.2, -0.15) is 23.0 Å². The number of carbonyl (C=O) groups is 1. The van der Waals surface area contributed by atoms with Crippen LogP contribution >= 0.6 is 11.6 Å². The minimum atomic E-state index is -4.67. The molecule has 1 aromatic heterocycles. The summed E-state index contributed by atoms with van der Waals surface area (Å²) in [7, 11) is 1.60. The number of nitrogens with zero attached hydrogens (tertiary/aromatic N) is 4. The summed E-state index contributed by atoms with van der Waals surface area (Å²) in [6.07, 6.45) is -4.67. The van der Waals surface area contributed by atoms with Crippen LogP contribution in [0.4, 0.5) is 18.9 Å². The van der Waals surface area contributed by atoms with Crippen molar-refractivity contribution in [3.8, 4) is 17.3 Å². The third-order valence-corrected chi connectivity index (χ3v) is 5.78. The normalized spacial score (nSPS) is 14.3. The monoisotopic (exact) mass is 494 g/mol. The topological polar surface area (TPSA) is 59.8 Å². The number of benzene rings is 2. The summed E-state index contributed by atoms with van der Waals surface area (Å²) in [5.41, 5.74) is 0.102. The summed E-state index contributed by atoms with van der Waals surface area (Å²) < 4.78 is 51.4. The molecule has 0 radical (unpaired) electrons. The molecule has 0 N–H and O–H groups in total. The molecule has 4 rings (SSSR count). The Bertz CT molecular complexity index is 1140. The Morgan fingerprint density at radius 2 is 1.74 bits per heavy atom. The summed E-state index contributed by atoms with van der Waals surface area (Å²) in [6.45, 7) is 1.75. The van der Waals surface area contributed by atoms with E-state index in [0.29, 0.717) is 26.2 Å². The van der Waals surface area contributed by atoms with Gasteiger partial charge in [-0.15, -0.1) is 0 Å². The van der Waals surface area contributed by atoms with Gasteiger partial charge in [0.1, 0.15) is 5.75 Å². The molecule has 2 heterocycles. The van der Waals surface area contributed by atoms with Gasteiger partial charge < -0.3 is 19.3 Å². The van der Waals surface area contributed by atoms with Crippen molar-refractivity contribution in [1.29, 1.82) is 0 Å². The second-order valence-electron chi connectivity index (χ2n) is 7.58. The average Bonchev–Trinajstić information content (AvgIpc) is 3.28. The highest BCUT2D eigenvalue weighted by molar-refractivity contribution is 6.32. The van der Waals surface area contributed by atoms with Gasteiger partial charge in [-0.3, -0.25) is 4.79 Å². The number of rotatable bonds is 6. The second kappa shape index (κ2) is 9.84. The van der Waals surface area contributed by atoms with Crippen molar-refractivity contribution in [1.82, 2.24) is 14.7 Å².